The average Bonchev–Trinajstić information content (AvgIpc) is 2.33. The normalized spacial score (nSPS) is 9.88. The highest BCUT2D eigenvalue weighted by Gasteiger charge is 2.09. The predicted octanol–water partition coefficient (Wildman–Crippen LogP) is 2.24. The lowest BCUT2D eigenvalue weighted by Gasteiger charge is -2.07. The molecule has 2 rings (SSSR count). The number of nitrogens with one attached hydrogen (secondary N) is 1. The van der Waals surface area contributed by atoms with Gasteiger partial charge in [0.2, 0.25) is 5.91 Å². The number of fused-ring (bicyclic) bond motifs is 1. The van der Waals surface area contributed by atoms with E-state index < -0.39 is 0 Å². The Morgan fingerprint density at radius 3 is 2.94 bits per heavy atom. The van der Waals surface area contributed by atoms with E-state index in [2.05, 4.69) is 31.2 Å². The van der Waals surface area contributed by atoms with E-state index in [-0.39, 0.29) is 12.3 Å². The van der Waals surface area contributed by atoms with Crippen LogP contribution in [0, 0.1) is 11.3 Å². The molecular weight excluding hydrogens is 284 g/mol. The zero-order valence-electron chi connectivity index (χ0n) is 8.64. The first-order valence-electron chi connectivity index (χ1n) is 4.78. The maximum Gasteiger partial charge on any atom is 0.238 e. The first-order valence-corrected chi connectivity index (χ1v) is 5.57. The Morgan fingerprint density at radius 2 is 2.18 bits per heavy atom. The van der Waals surface area contributed by atoms with Crippen molar-refractivity contribution < 1.29 is 4.79 Å². The van der Waals surface area contributed by atoms with E-state index in [0.29, 0.717) is 15.7 Å². The molecule has 0 bridgehead atoms. The number of anilines is 1. The molecule has 1 aromatic heterocycles. The van der Waals surface area contributed by atoms with Gasteiger partial charge in [0.15, 0.2) is 0 Å². The van der Waals surface area contributed by atoms with Gasteiger partial charge in [-0.3, -0.25) is 14.8 Å². The minimum Gasteiger partial charge on any atom is -0.324 e. The Morgan fingerprint density at radius 1 is 1.41 bits per heavy atom. The monoisotopic (exact) mass is 290 g/mol. The van der Waals surface area contributed by atoms with Crippen LogP contribution in [0.1, 0.15) is 6.42 Å². The van der Waals surface area contributed by atoms with E-state index >= 15 is 0 Å². The van der Waals surface area contributed by atoms with Crippen LogP contribution in [0.5, 0.6) is 0 Å². The molecular formula is C11H7BrN4O. The van der Waals surface area contributed by atoms with Gasteiger partial charge >= 0.3 is 0 Å². The number of rotatable bonds is 2. The number of nitrogens with zero attached hydrogens (tertiary/aromatic N) is 3. The van der Waals surface area contributed by atoms with Gasteiger partial charge < -0.3 is 5.32 Å². The van der Waals surface area contributed by atoms with Crippen LogP contribution >= 0.6 is 15.9 Å². The molecule has 0 unspecified atom stereocenters. The van der Waals surface area contributed by atoms with Crippen LogP contribution in [0.2, 0.25) is 0 Å². The van der Waals surface area contributed by atoms with Crippen molar-refractivity contribution in [3.05, 3.63) is 29.0 Å². The minimum atomic E-state index is -0.351. The Hall–Kier alpha value is -2.00. The molecule has 6 heteroatoms. The molecule has 84 valence electrons. The number of halogens is 1. The van der Waals surface area contributed by atoms with E-state index in [0.717, 1.165) is 5.52 Å². The van der Waals surface area contributed by atoms with E-state index in [1.807, 2.05) is 0 Å². The fourth-order valence-electron chi connectivity index (χ4n) is 1.37. The van der Waals surface area contributed by atoms with Gasteiger partial charge in [0.1, 0.15) is 11.9 Å². The molecule has 1 aromatic carbocycles. The average molecular weight is 291 g/mol. The van der Waals surface area contributed by atoms with Crippen LogP contribution in [0.3, 0.4) is 0 Å². The summed E-state index contributed by atoms with van der Waals surface area (Å²) in [4.78, 5) is 19.6. The van der Waals surface area contributed by atoms with E-state index in [1.54, 1.807) is 30.6 Å². The summed E-state index contributed by atoms with van der Waals surface area (Å²) in [7, 11) is 0. The van der Waals surface area contributed by atoms with E-state index in [4.69, 9.17) is 5.26 Å². The smallest absolute Gasteiger partial charge is 0.238 e. The fourth-order valence-corrected chi connectivity index (χ4v) is 1.90. The van der Waals surface area contributed by atoms with Gasteiger partial charge in [-0.05, 0) is 28.1 Å². The second-order valence-electron chi connectivity index (χ2n) is 3.23. The van der Waals surface area contributed by atoms with Gasteiger partial charge in [-0.2, -0.15) is 5.26 Å². The third-order valence-corrected chi connectivity index (χ3v) is 2.90. The second-order valence-corrected chi connectivity index (χ2v) is 4.03. The first kappa shape index (κ1) is 11.5. The standard InChI is InChI=1S/C11H7BrN4O/c12-10-7(16-9(17)3-4-13)1-2-8-11(10)15-6-5-14-8/h1-2,5-6H,3H2,(H,16,17). The van der Waals surface area contributed by atoms with Gasteiger partial charge in [-0.15, -0.1) is 0 Å². The number of hydrogen-bond acceptors (Lipinski definition) is 4. The summed E-state index contributed by atoms with van der Waals surface area (Å²) in [6.45, 7) is 0. The van der Waals surface area contributed by atoms with Crippen LogP contribution in [-0.2, 0) is 4.79 Å². The third-order valence-electron chi connectivity index (χ3n) is 2.09. The SMILES string of the molecule is N#CCC(=O)Nc1ccc2nccnc2c1Br. The summed E-state index contributed by atoms with van der Waals surface area (Å²) in [5.41, 5.74) is 1.98. The van der Waals surface area contributed by atoms with E-state index in [1.165, 1.54) is 0 Å². The summed E-state index contributed by atoms with van der Waals surface area (Å²) in [5.74, 6) is -0.351. The van der Waals surface area contributed by atoms with Crippen LogP contribution < -0.4 is 5.32 Å². The van der Waals surface area contributed by atoms with Gasteiger partial charge in [0.25, 0.3) is 0 Å². The summed E-state index contributed by atoms with van der Waals surface area (Å²) in [6, 6.07) is 5.27. The molecule has 1 amide bonds. The number of amides is 1. The third kappa shape index (κ3) is 2.40. The largest absolute Gasteiger partial charge is 0.324 e. The van der Waals surface area contributed by atoms with Crippen molar-refractivity contribution in [3.8, 4) is 6.07 Å². The van der Waals surface area contributed by atoms with Crippen molar-refractivity contribution in [1.82, 2.24) is 9.97 Å². The second kappa shape index (κ2) is 4.89. The molecule has 5 nitrogen and oxygen atoms in total. The molecule has 0 saturated heterocycles. The van der Waals surface area contributed by atoms with Crippen LogP contribution in [-0.4, -0.2) is 15.9 Å². The van der Waals surface area contributed by atoms with Crippen LogP contribution in [0.25, 0.3) is 11.0 Å². The number of hydrogen-bond donors (Lipinski definition) is 1. The molecule has 0 radical (unpaired) electrons. The number of nitriles is 1. The van der Waals surface area contributed by atoms with Crippen LogP contribution in [0.15, 0.2) is 29.0 Å². The fraction of sp³-hybridized carbons (Fsp3) is 0.0909. The summed E-state index contributed by atoms with van der Waals surface area (Å²) in [5, 5.41) is 11.0. The molecule has 17 heavy (non-hydrogen) atoms. The summed E-state index contributed by atoms with van der Waals surface area (Å²) in [6.07, 6.45) is 3.00. The molecule has 0 aliphatic carbocycles. The highest BCUT2D eigenvalue weighted by molar-refractivity contribution is 9.10. The quantitative estimate of drug-likeness (QED) is 0.920. The lowest BCUT2D eigenvalue weighted by Crippen LogP contribution is -2.10. The lowest BCUT2D eigenvalue weighted by atomic mass is 10.2. The van der Waals surface area contributed by atoms with E-state index in [9.17, 15) is 4.79 Å². The molecule has 0 spiro atoms. The Labute approximate surface area is 106 Å². The zero-order valence-corrected chi connectivity index (χ0v) is 10.2. The van der Waals surface area contributed by atoms with Crippen molar-refractivity contribution in [3.63, 3.8) is 0 Å². The Bertz CT molecular complexity index is 620. The molecule has 0 fully saturated rings. The Kier molecular flexibility index (Phi) is 3.30. The molecule has 2 aromatic rings. The molecule has 0 atom stereocenters. The Balaban J connectivity index is 2.40. The topological polar surface area (TPSA) is 78.7 Å². The molecule has 0 aliphatic rings. The minimum absolute atomic E-state index is 0.176. The van der Waals surface area contributed by atoms with Crippen molar-refractivity contribution in [2.24, 2.45) is 0 Å². The highest BCUT2D eigenvalue weighted by Crippen LogP contribution is 2.28. The van der Waals surface area contributed by atoms with Crippen molar-refractivity contribution in [1.29, 1.82) is 5.26 Å². The van der Waals surface area contributed by atoms with Crippen molar-refractivity contribution in [2.45, 2.75) is 6.42 Å². The molecule has 0 saturated carbocycles. The molecule has 0 aliphatic heterocycles. The maximum atomic E-state index is 11.3. The number of benzene rings is 1. The molecule has 1 heterocycles. The number of aromatic nitrogens is 2. The van der Waals surface area contributed by atoms with Gasteiger partial charge in [-0.1, -0.05) is 0 Å². The zero-order chi connectivity index (χ0) is 12.3. The maximum absolute atomic E-state index is 11.3. The number of carbonyl (C=O) groups excluding carboxylic acids is 1. The highest BCUT2D eigenvalue weighted by atomic mass is 79.9. The molecule has 1 N–H and O–H groups in total. The summed E-state index contributed by atoms with van der Waals surface area (Å²) < 4.78 is 0.661. The van der Waals surface area contributed by atoms with Gasteiger partial charge in [0, 0.05) is 12.4 Å². The summed E-state index contributed by atoms with van der Waals surface area (Å²) >= 11 is 3.36. The number of carbonyl (C=O) groups is 1. The predicted molar refractivity (Wildman–Crippen MR) is 66.1 cm³/mol. The van der Waals surface area contributed by atoms with Gasteiger partial charge in [0.05, 0.1) is 21.7 Å². The van der Waals surface area contributed by atoms with Crippen LogP contribution in [0.4, 0.5) is 5.69 Å². The first-order chi connectivity index (χ1) is 8.22. The van der Waals surface area contributed by atoms with Gasteiger partial charge in [-0.25, -0.2) is 0 Å². The van der Waals surface area contributed by atoms with Crippen molar-refractivity contribution in [2.75, 3.05) is 5.32 Å². The lowest BCUT2D eigenvalue weighted by molar-refractivity contribution is -0.115. The van der Waals surface area contributed by atoms with Crippen molar-refractivity contribution >= 4 is 38.6 Å².